The van der Waals surface area contributed by atoms with Gasteiger partial charge >= 0.3 is 0 Å². The van der Waals surface area contributed by atoms with Crippen LogP contribution in [-0.2, 0) is 16.0 Å². The molecule has 0 saturated carbocycles. The van der Waals surface area contributed by atoms with E-state index < -0.39 is 0 Å². The molecule has 0 radical (unpaired) electrons. The summed E-state index contributed by atoms with van der Waals surface area (Å²) in [5.41, 5.74) is 4.04. The Kier molecular flexibility index (Phi) is 5.73. The van der Waals surface area contributed by atoms with E-state index in [4.69, 9.17) is 0 Å². The number of hydrogen-bond acceptors (Lipinski definition) is 3. The van der Waals surface area contributed by atoms with Gasteiger partial charge in [0.05, 0.1) is 17.9 Å². The van der Waals surface area contributed by atoms with Crippen molar-refractivity contribution in [1.82, 2.24) is 20.0 Å². The van der Waals surface area contributed by atoms with E-state index in [0.717, 1.165) is 22.6 Å². The fraction of sp³-hybridized carbons (Fsp3) is 0.389. The maximum absolute atomic E-state index is 11.9. The van der Waals surface area contributed by atoms with Crippen LogP contribution in [0.1, 0.15) is 23.4 Å². The van der Waals surface area contributed by atoms with Crippen LogP contribution >= 0.6 is 0 Å². The largest absolute Gasteiger partial charge is 0.347 e. The normalized spacial score (nSPS) is 10.5. The van der Waals surface area contributed by atoms with Crippen LogP contribution in [0.4, 0.5) is 0 Å². The molecule has 0 bridgehead atoms. The van der Waals surface area contributed by atoms with Crippen molar-refractivity contribution in [2.75, 3.05) is 20.6 Å². The number of para-hydroxylation sites is 1. The Balaban J connectivity index is 2.00. The molecule has 2 rings (SSSR count). The molecule has 2 aromatic rings. The van der Waals surface area contributed by atoms with E-state index in [0.29, 0.717) is 12.8 Å². The Bertz CT molecular complexity index is 720. The number of aryl methyl sites for hydroxylation is 1. The van der Waals surface area contributed by atoms with E-state index in [9.17, 15) is 9.59 Å². The average molecular weight is 328 g/mol. The molecule has 1 N–H and O–H groups in total. The minimum Gasteiger partial charge on any atom is -0.347 e. The highest BCUT2D eigenvalue weighted by atomic mass is 16.2. The van der Waals surface area contributed by atoms with Crippen LogP contribution in [0.25, 0.3) is 5.69 Å². The van der Waals surface area contributed by atoms with E-state index in [1.807, 2.05) is 48.9 Å². The molecule has 6 nitrogen and oxygen atoms in total. The molecule has 1 aromatic carbocycles. The van der Waals surface area contributed by atoms with Crippen LogP contribution in [0.15, 0.2) is 30.3 Å². The maximum atomic E-state index is 11.9. The minimum atomic E-state index is -0.128. The zero-order valence-corrected chi connectivity index (χ0v) is 14.7. The Hall–Kier alpha value is -2.63. The van der Waals surface area contributed by atoms with Crippen molar-refractivity contribution >= 4 is 11.8 Å². The summed E-state index contributed by atoms with van der Waals surface area (Å²) >= 11 is 0. The molecule has 0 aliphatic heterocycles. The first-order valence-corrected chi connectivity index (χ1v) is 7.97. The third kappa shape index (κ3) is 4.22. The van der Waals surface area contributed by atoms with Gasteiger partial charge in [-0.2, -0.15) is 5.10 Å². The van der Waals surface area contributed by atoms with E-state index in [1.54, 1.807) is 14.1 Å². The molecule has 0 saturated heterocycles. The summed E-state index contributed by atoms with van der Waals surface area (Å²) in [7, 11) is 3.33. The fourth-order valence-corrected chi connectivity index (χ4v) is 2.52. The smallest absolute Gasteiger partial charge is 0.241 e. The molecule has 6 heteroatoms. The highest BCUT2D eigenvalue weighted by Gasteiger charge is 2.14. The summed E-state index contributed by atoms with van der Waals surface area (Å²) in [6.07, 6.45) is 0.940. The Morgan fingerprint density at radius 3 is 2.46 bits per heavy atom. The molecule has 0 atom stereocenters. The molecular weight excluding hydrogens is 304 g/mol. The van der Waals surface area contributed by atoms with Gasteiger partial charge in [0.25, 0.3) is 0 Å². The number of carbonyl (C=O) groups is 2. The van der Waals surface area contributed by atoms with E-state index >= 15 is 0 Å². The standard InChI is InChI=1S/C18H24N4O2/c1-13-16(10-11-17(23)19-12-18(24)21(3)4)14(2)22(20-13)15-8-6-5-7-9-15/h5-9H,10-12H2,1-4H3,(H,19,23). The Morgan fingerprint density at radius 2 is 1.83 bits per heavy atom. The van der Waals surface area contributed by atoms with Crippen molar-refractivity contribution in [3.05, 3.63) is 47.3 Å². The monoisotopic (exact) mass is 328 g/mol. The number of carbonyl (C=O) groups excluding carboxylic acids is 2. The number of nitrogens with zero attached hydrogens (tertiary/aromatic N) is 3. The van der Waals surface area contributed by atoms with Crippen molar-refractivity contribution in [2.45, 2.75) is 26.7 Å². The van der Waals surface area contributed by atoms with Gasteiger partial charge in [-0.1, -0.05) is 18.2 Å². The van der Waals surface area contributed by atoms with Gasteiger partial charge < -0.3 is 10.2 Å². The molecule has 24 heavy (non-hydrogen) atoms. The Morgan fingerprint density at radius 1 is 1.17 bits per heavy atom. The van der Waals surface area contributed by atoms with Crippen LogP contribution in [-0.4, -0.2) is 47.1 Å². The summed E-state index contributed by atoms with van der Waals surface area (Å²) in [4.78, 5) is 24.9. The van der Waals surface area contributed by atoms with Crippen molar-refractivity contribution in [2.24, 2.45) is 0 Å². The predicted molar refractivity (Wildman–Crippen MR) is 93.1 cm³/mol. The van der Waals surface area contributed by atoms with Crippen molar-refractivity contribution < 1.29 is 9.59 Å². The number of hydrogen-bond donors (Lipinski definition) is 1. The van der Waals surface area contributed by atoms with Crippen molar-refractivity contribution in [3.8, 4) is 5.69 Å². The molecule has 0 aliphatic rings. The van der Waals surface area contributed by atoms with Crippen molar-refractivity contribution in [1.29, 1.82) is 0 Å². The highest BCUT2D eigenvalue weighted by Crippen LogP contribution is 2.19. The first kappa shape index (κ1) is 17.7. The number of aromatic nitrogens is 2. The molecule has 0 unspecified atom stereocenters. The van der Waals surface area contributed by atoms with Gasteiger partial charge in [0.1, 0.15) is 0 Å². The lowest BCUT2D eigenvalue weighted by Crippen LogP contribution is -2.36. The maximum Gasteiger partial charge on any atom is 0.241 e. The van der Waals surface area contributed by atoms with Crippen LogP contribution in [0.5, 0.6) is 0 Å². The van der Waals surface area contributed by atoms with E-state index in [-0.39, 0.29) is 18.4 Å². The second-order valence-electron chi connectivity index (χ2n) is 5.96. The molecule has 0 spiro atoms. The summed E-state index contributed by atoms with van der Waals surface area (Å²) < 4.78 is 1.90. The van der Waals surface area contributed by atoms with E-state index in [1.165, 1.54) is 4.90 Å². The fourth-order valence-electron chi connectivity index (χ4n) is 2.52. The molecule has 1 heterocycles. The number of amides is 2. The average Bonchev–Trinajstić information content (AvgIpc) is 2.85. The molecule has 128 valence electrons. The molecule has 0 fully saturated rings. The lowest BCUT2D eigenvalue weighted by atomic mass is 10.1. The van der Waals surface area contributed by atoms with Crippen LogP contribution in [0, 0.1) is 13.8 Å². The molecule has 2 amide bonds. The lowest BCUT2D eigenvalue weighted by molar-refractivity contribution is -0.130. The SMILES string of the molecule is Cc1nn(-c2ccccc2)c(C)c1CCC(=O)NCC(=O)N(C)C. The second-order valence-corrected chi connectivity index (χ2v) is 5.96. The summed E-state index contributed by atoms with van der Waals surface area (Å²) in [6.45, 7) is 4.00. The first-order valence-electron chi connectivity index (χ1n) is 7.97. The molecular formula is C18H24N4O2. The highest BCUT2D eigenvalue weighted by molar-refractivity contribution is 5.84. The number of likely N-dealkylation sites (N-methyl/N-ethyl adjacent to an activating group) is 1. The molecule has 1 aromatic heterocycles. The van der Waals surface area contributed by atoms with Gasteiger partial charge in [-0.3, -0.25) is 9.59 Å². The Labute approximate surface area is 142 Å². The minimum absolute atomic E-state index is 0.0348. The van der Waals surface area contributed by atoms with Crippen LogP contribution in [0.3, 0.4) is 0 Å². The molecule has 0 aliphatic carbocycles. The zero-order valence-electron chi connectivity index (χ0n) is 14.7. The van der Waals surface area contributed by atoms with Gasteiger partial charge in [-0.05, 0) is 38.0 Å². The van der Waals surface area contributed by atoms with Gasteiger partial charge in [0, 0.05) is 26.2 Å². The summed E-state index contributed by atoms with van der Waals surface area (Å²) in [5.74, 6) is -0.246. The lowest BCUT2D eigenvalue weighted by Gasteiger charge is -2.11. The third-order valence-electron chi connectivity index (χ3n) is 3.98. The van der Waals surface area contributed by atoms with E-state index in [2.05, 4.69) is 10.4 Å². The quantitative estimate of drug-likeness (QED) is 0.876. The third-order valence-corrected chi connectivity index (χ3v) is 3.98. The zero-order chi connectivity index (χ0) is 17.7. The topological polar surface area (TPSA) is 67.2 Å². The second kappa shape index (κ2) is 7.77. The van der Waals surface area contributed by atoms with Gasteiger partial charge in [0.2, 0.25) is 11.8 Å². The summed E-state index contributed by atoms with van der Waals surface area (Å²) in [5, 5.41) is 7.23. The van der Waals surface area contributed by atoms with Crippen molar-refractivity contribution in [3.63, 3.8) is 0 Å². The van der Waals surface area contributed by atoms with Crippen LogP contribution in [0.2, 0.25) is 0 Å². The number of nitrogens with one attached hydrogen (secondary N) is 1. The predicted octanol–water partition coefficient (Wildman–Crippen LogP) is 1.63. The van der Waals surface area contributed by atoms with Gasteiger partial charge in [0.15, 0.2) is 0 Å². The first-order chi connectivity index (χ1) is 11.4. The van der Waals surface area contributed by atoms with Gasteiger partial charge in [-0.25, -0.2) is 4.68 Å². The van der Waals surface area contributed by atoms with Gasteiger partial charge in [-0.15, -0.1) is 0 Å². The summed E-state index contributed by atoms with van der Waals surface area (Å²) in [6, 6.07) is 9.92. The number of benzene rings is 1. The van der Waals surface area contributed by atoms with Crippen LogP contribution < -0.4 is 5.32 Å². The number of rotatable bonds is 6.